The Morgan fingerprint density at radius 3 is 0.933 bits per heavy atom. The van der Waals surface area contributed by atoms with Gasteiger partial charge in [-0.25, -0.2) is 0 Å². The molecule has 15 heavy (non-hydrogen) atoms. The Labute approximate surface area is 96.8 Å². The van der Waals surface area contributed by atoms with Gasteiger partial charge in [-0.2, -0.15) is 0 Å². The number of hydrogen-bond donors (Lipinski definition) is 3. The summed E-state index contributed by atoms with van der Waals surface area (Å²) in [5, 5.41) is 0. The third kappa shape index (κ3) is 56.7. The monoisotopic (exact) mass is 216 g/mol. The summed E-state index contributed by atoms with van der Waals surface area (Å²) in [6, 6.07) is 0. The molecule has 0 aromatic carbocycles. The molecule has 0 spiro atoms. The third-order valence-corrected chi connectivity index (χ3v) is 1.36. The molecule has 3 radical (unpaired) electrons. The highest BCUT2D eigenvalue weighted by Gasteiger charge is 1.75. The van der Waals surface area contributed by atoms with Crippen molar-refractivity contribution in [3.63, 3.8) is 0 Å². The summed E-state index contributed by atoms with van der Waals surface area (Å²) in [6.45, 7) is 13.0. The zero-order chi connectivity index (χ0) is 12.4. The van der Waals surface area contributed by atoms with Gasteiger partial charge in [-0.1, -0.05) is 40.0 Å². The second kappa shape index (κ2) is 29.2. The molecule has 0 saturated heterocycles. The van der Waals surface area contributed by atoms with Gasteiger partial charge in [-0.05, 0) is 38.9 Å². The van der Waals surface area contributed by atoms with Gasteiger partial charge < -0.3 is 17.2 Å². The molecule has 0 saturated carbocycles. The molecule has 0 aliphatic carbocycles. The average Bonchev–Trinajstić information content (AvgIpc) is 2.28. The summed E-state index contributed by atoms with van der Waals surface area (Å²) in [7, 11) is 0. The maximum absolute atomic E-state index is 5.16. The van der Waals surface area contributed by atoms with Crippen LogP contribution in [0.3, 0.4) is 0 Å². The fourth-order valence-corrected chi connectivity index (χ4v) is 0.433. The Bertz CT molecular complexity index is 59.9. The van der Waals surface area contributed by atoms with E-state index in [1.165, 1.54) is 0 Å². The Kier molecular flexibility index (Phi) is 39.5. The van der Waals surface area contributed by atoms with Crippen LogP contribution < -0.4 is 17.2 Å². The fourth-order valence-electron chi connectivity index (χ4n) is 0.433. The van der Waals surface area contributed by atoms with E-state index < -0.39 is 0 Å². The van der Waals surface area contributed by atoms with Crippen LogP contribution in [0.15, 0.2) is 0 Å². The molecule has 0 amide bonds. The Morgan fingerprint density at radius 2 is 0.867 bits per heavy atom. The molecule has 0 aromatic rings. The standard InChI is InChI=1S/C4H12N2.C4H10N.C4H8/c5-3-1-2-4-6;1-2-3-4-5;1-3-4-2/h1-6H2;1-5H2;1-4H2. The van der Waals surface area contributed by atoms with E-state index in [9.17, 15) is 0 Å². The number of hydrogen-bond acceptors (Lipinski definition) is 3. The van der Waals surface area contributed by atoms with Crippen LogP contribution in [0.2, 0.25) is 0 Å². The van der Waals surface area contributed by atoms with Crippen molar-refractivity contribution in [1.82, 2.24) is 0 Å². The van der Waals surface area contributed by atoms with Gasteiger partial charge in [0.25, 0.3) is 0 Å². The Morgan fingerprint density at radius 1 is 0.533 bits per heavy atom. The summed E-state index contributed by atoms with van der Waals surface area (Å²) in [6.07, 6.45) is 6.07. The molecular weight excluding hydrogens is 186 g/mol. The lowest BCUT2D eigenvalue weighted by Crippen LogP contribution is -2.03. The SMILES string of the molecule is NCCCCN.[CH2]CCCN.[CH2]CC[CH2]. The van der Waals surface area contributed by atoms with E-state index in [0.29, 0.717) is 0 Å². The molecule has 0 rings (SSSR count). The summed E-state index contributed by atoms with van der Waals surface area (Å²) in [5.41, 5.74) is 15.4. The lowest BCUT2D eigenvalue weighted by molar-refractivity contribution is 0.755. The van der Waals surface area contributed by atoms with Crippen molar-refractivity contribution in [2.45, 2.75) is 38.5 Å². The van der Waals surface area contributed by atoms with E-state index in [1.807, 2.05) is 0 Å². The summed E-state index contributed by atoms with van der Waals surface area (Å²) in [5.74, 6) is 0. The lowest BCUT2D eigenvalue weighted by atomic mass is 10.3. The van der Waals surface area contributed by atoms with Crippen molar-refractivity contribution >= 4 is 0 Å². The first-order valence-corrected chi connectivity index (χ1v) is 5.72. The molecular formula is C12H30N3. The van der Waals surface area contributed by atoms with Crippen LogP contribution in [0.5, 0.6) is 0 Å². The molecule has 0 aliphatic rings. The molecule has 0 heterocycles. The topological polar surface area (TPSA) is 78.1 Å². The third-order valence-electron chi connectivity index (χ3n) is 1.36. The minimum atomic E-state index is 0.775. The van der Waals surface area contributed by atoms with E-state index >= 15 is 0 Å². The van der Waals surface area contributed by atoms with Crippen molar-refractivity contribution < 1.29 is 0 Å². The second-order valence-electron chi connectivity index (χ2n) is 2.99. The molecule has 6 N–H and O–H groups in total. The lowest BCUT2D eigenvalue weighted by Gasteiger charge is -1.87. The minimum Gasteiger partial charge on any atom is -0.330 e. The first-order valence-electron chi connectivity index (χ1n) is 5.72. The first-order chi connectivity index (χ1) is 7.24. The maximum atomic E-state index is 5.16. The first kappa shape index (κ1) is 20.3. The predicted octanol–water partition coefficient (Wildman–Crippen LogP) is 1.68. The molecule has 0 fully saturated rings. The maximum Gasteiger partial charge on any atom is -0.00768 e. The molecule has 93 valence electrons. The highest BCUT2D eigenvalue weighted by atomic mass is 14.5. The van der Waals surface area contributed by atoms with Crippen molar-refractivity contribution in [3.05, 3.63) is 20.8 Å². The van der Waals surface area contributed by atoms with Crippen LogP contribution in [0.1, 0.15) is 38.5 Å². The van der Waals surface area contributed by atoms with Crippen molar-refractivity contribution in [2.75, 3.05) is 19.6 Å². The Hall–Kier alpha value is -0.120. The van der Waals surface area contributed by atoms with Gasteiger partial charge in [0.05, 0.1) is 0 Å². The van der Waals surface area contributed by atoms with E-state index in [-0.39, 0.29) is 0 Å². The zero-order valence-corrected chi connectivity index (χ0v) is 10.2. The quantitative estimate of drug-likeness (QED) is 0.591. The van der Waals surface area contributed by atoms with Gasteiger partial charge in [0.15, 0.2) is 0 Å². The van der Waals surface area contributed by atoms with Crippen molar-refractivity contribution in [3.8, 4) is 0 Å². The predicted molar refractivity (Wildman–Crippen MR) is 70.9 cm³/mol. The van der Waals surface area contributed by atoms with Gasteiger partial charge in [-0.3, -0.25) is 0 Å². The van der Waals surface area contributed by atoms with E-state index in [0.717, 1.165) is 58.2 Å². The van der Waals surface area contributed by atoms with Gasteiger partial charge in [-0.15, -0.1) is 0 Å². The largest absolute Gasteiger partial charge is 0.330 e. The normalized spacial score (nSPS) is 8.40. The number of nitrogens with two attached hydrogens (primary N) is 3. The molecule has 3 nitrogen and oxygen atoms in total. The molecule has 0 aromatic heterocycles. The molecule has 0 bridgehead atoms. The van der Waals surface area contributed by atoms with Crippen LogP contribution in [-0.2, 0) is 0 Å². The summed E-state index contributed by atoms with van der Waals surface area (Å²) < 4.78 is 0. The zero-order valence-electron chi connectivity index (χ0n) is 10.2. The van der Waals surface area contributed by atoms with Gasteiger partial charge in [0, 0.05) is 0 Å². The van der Waals surface area contributed by atoms with Gasteiger partial charge >= 0.3 is 0 Å². The highest BCUT2D eigenvalue weighted by Crippen LogP contribution is 1.77. The van der Waals surface area contributed by atoms with Crippen LogP contribution >= 0.6 is 0 Å². The molecule has 0 unspecified atom stereocenters. The van der Waals surface area contributed by atoms with Gasteiger partial charge in [0.1, 0.15) is 0 Å². The average molecular weight is 216 g/mol. The van der Waals surface area contributed by atoms with Crippen molar-refractivity contribution in [1.29, 1.82) is 0 Å². The number of unbranched alkanes of at least 4 members (excludes halogenated alkanes) is 3. The second-order valence-corrected chi connectivity index (χ2v) is 2.99. The smallest absolute Gasteiger partial charge is 0.00768 e. The van der Waals surface area contributed by atoms with Crippen molar-refractivity contribution in [2.24, 2.45) is 17.2 Å². The van der Waals surface area contributed by atoms with Crippen LogP contribution in [-0.4, -0.2) is 19.6 Å². The summed E-state index contributed by atoms with van der Waals surface area (Å²) >= 11 is 0. The number of rotatable bonds is 6. The van der Waals surface area contributed by atoms with Crippen LogP contribution in [0.25, 0.3) is 0 Å². The summed E-state index contributed by atoms with van der Waals surface area (Å²) in [4.78, 5) is 0. The molecule has 0 aliphatic heterocycles. The van der Waals surface area contributed by atoms with E-state index in [2.05, 4.69) is 20.8 Å². The molecule has 3 heteroatoms. The fraction of sp³-hybridized carbons (Fsp3) is 0.750. The minimum absolute atomic E-state index is 0.775. The highest BCUT2D eigenvalue weighted by molar-refractivity contribution is 4.39. The van der Waals surface area contributed by atoms with E-state index in [1.54, 1.807) is 0 Å². The van der Waals surface area contributed by atoms with Crippen LogP contribution in [0, 0.1) is 20.8 Å². The molecule has 0 atom stereocenters. The Balaban J connectivity index is -0.000000147. The van der Waals surface area contributed by atoms with Gasteiger partial charge in [0.2, 0.25) is 0 Å². The van der Waals surface area contributed by atoms with E-state index in [4.69, 9.17) is 17.2 Å². The van der Waals surface area contributed by atoms with Crippen LogP contribution in [0.4, 0.5) is 0 Å².